The SMILES string of the molecule is CCCCCCC(C)NC1CCN2CCCC2C1. The van der Waals surface area contributed by atoms with Gasteiger partial charge in [-0.05, 0) is 52.1 Å². The molecule has 0 saturated carbocycles. The Balaban J connectivity index is 1.60. The van der Waals surface area contributed by atoms with Gasteiger partial charge in [-0.25, -0.2) is 0 Å². The molecule has 3 atom stereocenters. The van der Waals surface area contributed by atoms with Crippen molar-refractivity contribution in [3.05, 3.63) is 0 Å². The van der Waals surface area contributed by atoms with Crippen LogP contribution in [0.5, 0.6) is 0 Å². The third kappa shape index (κ3) is 4.24. The highest BCUT2D eigenvalue weighted by Gasteiger charge is 2.31. The summed E-state index contributed by atoms with van der Waals surface area (Å²) in [5, 5.41) is 3.88. The minimum atomic E-state index is 0.722. The maximum absolute atomic E-state index is 3.88. The third-order valence-corrected chi connectivity index (χ3v) is 4.83. The van der Waals surface area contributed by atoms with Crippen molar-refractivity contribution >= 4 is 0 Å². The molecule has 2 aliphatic heterocycles. The van der Waals surface area contributed by atoms with Gasteiger partial charge in [0.1, 0.15) is 0 Å². The van der Waals surface area contributed by atoms with Crippen molar-refractivity contribution in [3.8, 4) is 0 Å². The van der Waals surface area contributed by atoms with Crippen LogP contribution in [-0.2, 0) is 0 Å². The average molecular weight is 252 g/mol. The Morgan fingerprint density at radius 2 is 2.06 bits per heavy atom. The molecule has 0 bridgehead atoms. The molecule has 2 nitrogen and oxygen atoms in total. The topological polar surface area (TPSA) is 15.3 Å². The van der Waals surface area contributed by atoms with E-state index in [4.69, 9.17) is 0 Å². The fraction of sp³-hybridized carbons (Fsp3) is 1.00. The van der Waals surface area contributed by atoms with Gasteiger partial charge >= 0.3 is 0 Å². The van der Waals surface area contributed by atoms with Gasteiger partial charge < -0.3 is 10.2 Å². The molecule has 3 unspecified atom stereocenters. The van der Waals surface area contributed by atoms with E-state index in [9.17, 15) is 0 Å². The van der Waals surface area contributed by atoms with Gasteiger partial charge in [-0.3, -0.25) is 0 Å². The first kappa shape index (κ1) is 14.3. The van der Waals surface area contributed by atoms with Crippen molar-refractivity contribution < 1.29 is 0 Å². The van der Waals surface area contributed by atoms with Gasteiger partial charge in [0, 0.05) is 18.1 Å². The Hall–Kier alpha value is -0.0800. The molecule has 106 valence electrons. The molecule has 2 rings (SSSR count). The molecule has 2 aliphatic rings. The summed E-state index contributed by atoms with van der Waals surface area (Å²) in [4.78, 5) is 2.71. The van der Waals surface area contributed by atoms with Gasteiger partial charge in [0.25, 0.3) is 0 Å². The molecule has 0 amide bonds. The number of rotatable bonds is 7. The smallest absolute Gasteiger partial charge is 0.0111 e. The molecular formula is C16H32N2. The van der Waals surface area contributed by atoms with Crippen molar-refractivity contribution in [2.24, 2.45) is 0 Å². The summed E-state index contributed by atoms with van der Waals surface area (Å²) >= 11 is 0. The second-order valence-electron chi connectivity index (χ2n) is 6.47. The van der Waals surface area contributed by atoms with Crippen LogP contribution < -0.4 is 5.32 Å². The summed E-state index contributed by atoms with van der Waals surface area (Å²) in [6.45, 7) is 7.37. The Kier molecular flexibility index (Phi) is 5.97. The van der Waals surface area contributed by atoms with E-state index < -0.39 is 0 Å². The van der Waals surface area contributed by atoms with Gasteiger partial charge in [0.2, 0.25) is 0 Å². The van der Waals surface area contributed by atoms with Crippen LogP contribution in [0.2, 0.25) is 0 Å². The Morgan fingerprint density at radius 1 is 1.17 bits per heavy atom. The maximum atomic E-state index is 3.88. The van der Waals surface area contributed by atoms with Crippen LogP contribution in [0.3, 0.4) is 0 Å². The van der Waals surface area contributed by atoms with Crippen LogP contribution >= 0.6 is 0 Å². The molecular weight excluding hydrogens is 220 g/mol. The van der Waals surface area contributed by atoms with E-state index in [1.54, 1.807) is 0 Å². The molecule has 0 aromatic rings. The zero-order valence-electron chi connectivity index (χ0n) is 12.5. The summed E-state index contributed by atoms with van der Waals surface area (Å²) in [5.41, 5.74) is 0. The van der Waals surface area contributed by atoms with Crippen LogP contribution in [0.1, 0.15) is 71.6 Å². The molecule has 0 aliphatic carbocycles. The van der Waals surface area contributed by atoms with E-state index in [1.807, 2.05) is 0 Å². The third-order valence-electron chi connectivity index (χ3n) is 4.83. The van der Waals surface area contributed by atoms with E-state index in [0.29, 0.717) is 0 Å². The average Bonchev–Trinajstić information content (AvgIpc) is 2.82. The van der Waals surface area contributed by atoms with Crippen LogP contribution in [0.15, 0.2) is 0 Å². The molecule has 2 heterocycles. The largest absolute Gasteiger partial charge is 0.311 e. The summed E-state index contributed by atoms with van der Waals surface area (Å²) in [6, 6.07) is 2.42. The van der Waals surface area contributed by atoms with Crippen molar-refractivity contribution in [2.75, 3.05) is 13.1 Å². The lowest BCUT2D eigenvalue weighted by Crippen LogP contribution is -2.48. The standard InChI is InChI=1S/C16H32N2/c1-3-4-5-6-8-14(2)17-15-10-12-18-11-7-9-16(18)13-15/h14-17H,3-13H2,1-2H3. The minimum absolute atomic E-state index is 0.722. The van der Waals surface area contributed by atoms with E-state index in [-0.39, 0.29) is 0 Å². The number of fused-ring (bicyclic) bond motifs is 1. The van der Waals surface area contributed by atoms with Crippen LogP contribution in [-0.4, -0.2) is 36.1 Å². The fourth-order valence-electron chi connectivity index (χ4n) is 3.74. The lowest BCUT2D eigenvalue weighted by atomic mass is 9.96. The van der Waals surface area contributed by atoms with Gasteiger partial charge in [-0.15, -0.1) is 0 Å². The number of unbranched alkanes of at least 4 members (excludes halogenated alkanes) is 3. The number of nitrogens with zero attached hydrogens (tertiary/aromatic N) is 1. The number of nitrogens with one attached hydrogen (secondary N) is 1. The Labute approximate surface area is 114 Å². The van der Waals surface area contributed by atoms with E-state index >= 15 is 0 Å². The molecule has 0 radical (unpaired) electrons. The predicted octanol–water partition coefficient (Wildman–Crippen LogP) is 3.56. The highest BCUT2D eigenvalue weighted by Crippen LogP contribution is 2.27. The first-order valence-electron chi connectivity index (χ1n) is 8.29. The highest BCUT2D eigenvalue weighted by atomic mass is 15.2. The second kappa shape index (κ2) is 7.49. The number of hydrogen-bond acceptors (Lipinski definition) is 2. The van der Waals surface area contributed by atoms with Crippen molar-refractivity contribution in [1.29, 1.82) is 0 Å². The molecule has 0 aromatic carbocycles. The molecule has 18 heavy (non-hydrogen) atoms. The van der Waals surface area contributed by atoms with Gasteiger partial charge in [-0.1, -0.05) is 32.6 Å². The van der Waals surface area contributed by atoms with Crippen LogP contribution in [0.25, 0.3) is 0 Å². The van der Waals surface area contributed by atoms with E-state index in [0.717, 1.165) is 18.1 Å². The normalized spacial score (nSPS) is 30.3. The van der Waals surface area contributed by atoms with Crippen molar-refractivity contribution in [1.82, 2.24) is 10.2 Å². The first-order chi connectivity index (χ1) is 8.79. The van der Waals surface area contributed by atoms with E-state index in [1.165, 1.54) is 70.9 Å². The molecule has 0 aromatic heterocycles. The summed E-state index contributed by atoms with van der Waals surface area (Å²) < 4.78 is 0. The minimum Gasteiger partial charge on any atom is -0.311 e. The molecule has 0 spiro atoms. The fourth-order valence-corrected chi connectivity index (χ4v) is 3.74. The van der Waals surface area contributed by atoms with Gasteiger partial charge in [-0.2, -0.15) is 0 Å². The first-order valence-corrected chi connectivity index (χ1v) is 8.29. The van der Waals surface area contributed by atoms with Crippen molar-refractivity contribution in [2.45, 2.75) is 89.8 Å². The highest BCUT2D eigenvalue weighted by molar-refractivity contribution is 4.89. The van der Waals surface area contributed by atoms with Crippen molar-refractivity contribution in [3.63, 3.8) is 0 Å². The Bertz CT molecular complexity index is 229. The summed E-state index contributed by atoms with van der Waals surface area (Å²) in [7, 11) is 0. The van der Waals surface area contributed by atoms with Crippen LogP contribution in [0, 0.1) is 0 Å². The van der Waals surface area contributed by atoms with Gasteiger partial charge in [0.05, 0.1) is 0 Å². The predicted molar refractivity (Wildman–Crippen MR) is 79.0 cm³/mol. The summed E-state index contributed by atoms with van der Waals surface area (Å²) in [5.74, 6) is 0. The molecule has 2 saturated heterocycles. The van der Waals surface area contributed by atoms with Gasteiger partial charge in [0.15, 0.2) is 0 Å². The van der Waals surface area contributed by atoms with Crippen LogP contribution in [0.4, 0.5) is 0 Å². The monoisotopic (exact) mass is 252 g/mol. The zero-order chi connectivity index (χ0) is 12.8. The maximum Gasteiger partial charge on any atom is 0.0111 e. The molecule has 2 heteroatoms. The lowest BCUT2D eigenvalue weighted by molar-refractivity contribution is 0.161. The second-order valence-corrected chi connectivity index (χ2v) is 6.47. The Morgan fingerprint density at radius 3 is 2.89 bits per heavy atom. The lowest BCUT2D eigenvalue weighted by Gasteiger charge is -2.36. The quantitative estimate of drug-likeness (QED) is 0.697. The molecule has 1 N–H and O–H groups in total. The number of hydrogen-bond donors (Lipinski definition) is 1. The molecule has 2 fully saturated rings. The van der Waals surface area contributed by atoms with E-state index in [2.05, 4.69) is 24.1 Å². The summed E-state index contributed by atoms with van der Waals surface area (Å²) in [6.07, 6.45) is 12.6. The number of piperidine rings is 1. The zero-order valence-corrected chi connectivity index (χ0v) is 12.5.